The van der Waals surface area contributed by atoms with Gasteiger partial charge in [-0.15, -0.1) is 12.4 Å². The van der Waals surface area contributed by atoms with Crippen molar-refractivity contribution in [1.82, 2.24) is 4.90 Å². The molecule has 1 saturated heterocycles. The lowest BCUT2D eigenvalue weighted by Gasteiger charge is -2.22. The molecule has 2 aromatic rings. The van der Waals surface area contributed by atoms with Gasteiger partial charge in [-0.2, -0.15) is 0 Å². The maximum absolute atomic E-state index is 12.4. The van der Waals surface area contributed by atoms with Gasteiger partial charge in [0.15, 0.2) is 6.61 Å². The van der Waals surface area contributed by atoms with Crippen LogP contribution in [0.5, 0.6) is 5.75 Å². The Morgan fingerprint density at radius 3 is 2.92 bits per heavy atom. The highest BCUT2D eigenvalue weighted by Crippen LogP contribution is 2.34. The summed E-state index contributed by atoms with van der Waals surface area (Å²) < 4.78 is 11.7. The van der Waals surface area contributed by atoms with Crippen molar-refractivity contribution in [3.8, 4) is 5.75 Å². The number of aryl methyl sites for hydroxylation is 2. The third kappa shape index (κ3) is 3.55. The molecule has 1 amide bonds. The maximum atomic E-state index is 12.4. The van der Waals surface area contributed by atoms with E-state index in [1.165, 1.54) is 18.4 Å². The van der Waals surface area contributed by atoms with Gasteiger partial charge < -0.3 is 19.8 Å². The van der Waals surface area contributed by atoms with Crippen molar-refractivity contribution in [1.29, 1.82) is 0 Å². The highest BCUT2D eigenvalue weighted by atomic mass is 35.5. The van der Waals surface area contributed by atoms with Crippen LogP contribution < -0.4 is 10.5 Å². The standard InChI is InChI=1S/C20H26N2O3.ClH/c1-20(12-21)8-9-22(13-20)19(23)11-24-14-6-7-18-16(10-14)15-4-2-3-5-17(15)25-18;/h6-7,10H,2-5,8-9,11-13,21H2,1H3;1H. The first-order valence-electron chi connectivity index (χ1n) is 9.23. The SMILES string of the molecule is CC1(CN)CCN(C(=O)COc2ccc3oc4c(c3c2)CCCC4)C1.Cl. The highest BCUT2D eigenvalue weighted by Gasteiger charge is 2.34. The Morgan fingerprint density at radius 2 is 2.15 bits per heavy atom. The molecule has 4 rings (SSSR count). The first kappa shape index (κ1) is 19.1. The predicted molar refractivity (Wildman–Crippen MR) is 104 cm³/mol. The van der Waals surface area contributed by atoms with Crippen LogP contribution in [0.2, 0.25) is 0 Å². The number of hydrogen-bond acceptors (Lipinski definition) is 4. The van der Waals surface area contributed by atoms with Gasteiger partial charge in [0, 0.05) is 30.5 Å². The maximum Gasteiger partial charge on any atom is 0.260 e. The van der Waals surface area contributed by atoms with E-state index in [-0.39, 0.29) is 30.3 Å². The number of nitrogens with zero attached hydrogens (tertiary/aromatic N) is 1. The molecule has 1 fully saturated rings. The van der Waals surface area contributed by atoms with E-state index in [2.05, 4.69) is 6.92 Å². The average molecular weight is 379 g/mol. The minimum atomic E-state index is 0. The van der Waals surface area contributed by atoms with Crippen molar-refractivity contribution in [3.63, 3.8) is 0 Å². The van der Waals surface area contributed by atoms with Crippen molar-refractivity contribution < 1.29 is 13.9 Å². The summed E-state index contributed by atoms with van der Waals surface area (Å²) in [7, 11) is 0. The summed E-state index contributed by atoms with van der Waals surface area (Å²) in [6.07, 6.45) is 5.45. The number of likely N-dealkylation sites (tertiary alicyclic amines) is 1. The number of halogens is 1. The molecule has 5 nitrogen and oxygen atoms in total. The third-order valence-electron chi connectivity index (χ3n) is 5.69. The fraction of sp³-hybridized carbons (Fsp3) is 0.550. The summed E-state index contributed by atoms with van der Waals surface area (Å²) in [4.78, 5) is 14.3. The zero-order valence-electron chi connectivity index (χ0n) is 15.3. The van der Waals surface area contributed by atoms with Crippen molar-refractivity contribution in [2.75, 3.05) is 26.2 Å². The highest BCUT2D eigenvalue weighted by molar-refractivity contribution is 5.85. The number of rotatable bonds is 4. The Labute approximate surface area is 160 Å². The second kappa shape index (κ2) is 7.49. The molecule has 2 aliphatic rings. The molecule has 1 unspecified atom stereocenters. The lowest BCUT2D eigenvalue weighted by molar-refractivity contribution is -0.132. The van der Waals surface area contributed by atoms with Crippen LogP contribution in [0, 0.1) is 5.41 Å². The third-order valence-corrected chi connectivity index (χ3v) is 5.69. The van der Waals surface area contributed by atoms with Gasteiger partial charge in [-0.25, -0.2) is 0 Å². The Kier molecular flexibility index (Phi) is 5.49. The van der Waals surface area contributed by atoms with Crippen LogP contribution in [0.25, 0.3) is 11.0 Å². The average Bonchev–Trinajstić information content (AvgIpc) is 3.21. The van der Waals surface area contributed by atoms with Crippen molar-refractivity contribution in [3.05, 3.63) is 29.5 Å². The predicted octanol–water partition coefficient (Wildman–Crippen LogP) is 3.31. The van der Waals surface area contributed by atoms with Crippen LogP contribution in [0.3, 0.4) is 0 Å². The lowest BCUT2D eigenvalue weighted by Crippen LogP contribution is -2.36. The summed E-state index contributed by atoms with van der Waals surface area (Å²) in [5, 5.41) is 1.14. The molecule has 6 heteroatoms. The number of fused-ring (bicyclic) bond motifs is 3. The van der Waals surface area contributed by atoms with Gasteiger partial charge >= 0.3 is 0 Å². The lowest BCUT2D eigenvalue weighted by atomic mass is 9.90. The first-order valence-corrected chi connectivity index (χ1v) is 9.23. The molecule has 0 spiro atoms. The molecule has 1 aliphatic heterocycles. The van der Waals surface area contributed by atoms with E-state index in [1.807, 2.05) is 23.1 Å². The molecule has 0 saturated carbocycles. The summed E-state index contributed by atoms with van der Waals surface area (Å²) in [6.45, 7) is 4.31. The molecule has 0 radical (unpaired) electrons. The van der Waals surface area contributed by atoms with Gasteiger partial charge in [-0.1, -0.05) is 6.92 Å². The van der Waals surface area contributed by atoms with E-state index in [4.69, 9.17) is 14.9 Å². The Balaban J connectivity index is 0.00000196. The largest absolute Gasteiger partial charge is 0.484 e. The second-order valence-corrected chi connectivity index (χ2v) is 7.74. The van der Waals surface area contributed by atoms with Gasteiger partial charge in [0.1, 0.15) is 17.1 Å². The number of benzene rings is 1. The summed E-state index contributed by atoms with van der Waals surface area (Å²) in [5.41, 5.74) is 8.10. The number of furan rings is 1. The van der Waals surface area contributed by atoms with Crippen molar-refractivity contribution >= 4 is 29.3 Å². The molecular formula is C20H27ClN2O3. The summed E-state index contributed by atoms with van der Waals surface area (Å²) in [6, 6.07) is 5.86. The topological polar surface area (TPSA) is 68.7 Å². The fourth-order valence-corrected chi connectivity index (χ4v) is 3.97. The second-order valence-electron chi connectivity index (χ2n) is 7.74. The number of hydrogen-bond donors (Lipinski definition) is 1. The molecule has 1 aromatic carbocycles. The van der Waals surface area contributed by atoms with Crippen LogP contribution >= 0.6 is 12.4 Å². The van der Waals surface area contributed by atoms with E-state index in [0.717, 1.165) is 54.8 Å². The van der Waals surface area contributed by atoms with E-state index in [0.29, 0.717) is 6.54 Å². The van der Waals surface area contributed by atoms with Gasteiger partial charge in [-0.05, 0) is 55.8 Å². The molecule has 0 bridgehead atoms. The molecule has 142 valence electrons. The minimum Gasteiger partial charge on any atom is -0.484 e. The zero-order valence-corrected chi connectivity index (χ0v) is 16.1. The van der Waals surface area contributed by atoms with E-state index in [9.17, 15) is 4.79 Å². The Morgan fingerprint density at radius 1 is 1.35 bits per heavy atom. The smallest absolute Gasteiger partial charge is 0.260 e. The van der Waals surface area contributed by atoms with E-state index < -0.39 is 0 Å². The van der Waals surface area contributed by atoms with Crippen LogP contribution in [0.15, 0.2) is 22.6 Å². The Bertz CT molecular complexity index is 804. The number of ether oxygens (including phenoxy) is 1. The quantitative estimate of drug-likeness (QED) is 0.886. The number of amides is 1. The molecule has 1 aliphatic carbocycles. The first-order chi connectivity index (χ1) is 12.1. The van der Waals surface area contributed by atoms with Gasteiger partial charge in [0.2, 0.25) is 0 Å². The molecule has 26 heavy (non-hydrogen) atoms. The zero-order chi connectivity index (χ0) is 17.4. The number of carbonyl (C=O) groups is 1. The molecular weight excluding hydrogens is 352 g/mol. The van der Waals surface area contributed by atoms with Crippen molar-refractivity contribution in [2.45, 2.75) is 39.0 Å². The molecule has 2 heterocycles. The fourth-order valence-electron chi connectivity index (χ4n) is 3.97. The number of nitrogens with two attached hydrogens (primary N) is 1. The van der Waals surface area contributed by atoms with Gasteiger partial charge in [-0.3, -0.25) is 4.79 Å². The van der Waals surface area contributed by atoms with Crippen LogP contribution in [-0.2, 0) is 17.6 Å². The van der Waals surface area contributed by atoms with Crippen LogP contribution in [0.4, 0.5) is 0 Å². The minimum absolute atomic E-state index is 0. The van der Waals surface area contributed by atoms with E-state index >= 15 is 0 Å². The Hall–Kier alpha value is -1.72. The molecule has 1 aromatic heterocycles. The van der Waals surface area contributed by atoms with Crippen LogP contribution in [-0.4, -0.2) is 37.0 Å². The van der Waals surface area contributed by atoms with Crippen molar-refractivity contribution in [2.24, 2.45) is 11.1 Å². The summed E-state index contributed by atoms with van der Waals surface area (Å²) in [5.74, 6) is 1.88. The van der Waals surface area contributed by atoms with Gasteiger partial charge in [0.25, 0.3) is 5.91 Å². The number of carbonyl (C=O) groups excluding carboxylic acids is 1. The summed E-state index contributed by atoms with van der Waals surface area (Å²) >= 11 is 0. The van der Waals surface area contributed by atoms with Crippen LogP contribution in [0.1, 0.15) is 37.5 Å². The molecule has 2 N–H and O–H groups in total. The normalized spacial score (nSPS) is 22.2. The monoisotopic (exact) mass is 378 g/mol. The molecule has 1 atom stereocenters. The van der Waals surface area contributed by atoms with E-state index in [1.54, 1.807) is 0 Å². The van der Waals surface area contributed by atoms with Gasteiger partial charge in [0.05, 0.1) is 0 Å².